The van der Waals surface area contributed by atoms with Crippen LogP contribution in [0.15, 0.2) is 60.3 Å². The molecule has 0 aliphatic rings. The Kier molecular flexibility index (Phi) is 8.27. The number of nitrogens with zero attached hydrogens (tertiary/aromatic N) is 1. The molecule has 0 heterocycles. The average molecular weight is 393 g/mol. The number of nitrogens with one attached hydrogen (secondary N) is 2. The second kappa shape index (κ2) is 11.1. The third-order valence-corrected chi connectivity index (χ3v) is 3.94. The van der Waals surface area contributed by atoms with Crippen molar-refractivity contribution in [3.8, 4) is 11.8 Å². The normalized spacial score (nSPS) is 10.6. The van der Waals surface area contributed by atoms with Crippen LogP contribution in [-0.4, -0.2) is 25.6 Å². The maximum atomic E-state index is 12.5. The van der Waals surface area contributed by atoms with Gasteiger partial charge >= 0.3 is 5.97 Å². The van der Waals surface area contributed by atoms with E-state index in [0.29, 0.717) is 18.0 Å². The molecule has 150 valence electrons. The van der Waals surface area contributed by atoms with Gasteiger partial charge in [-0.1, -0.05) is 31.5 Å². The Labute approximate surface area is 169 Å². The molecule has 0 fully saturated rings. The summed E-state index contributed by atoms with van der Waals surface area (Å²) in [5, 5.41) is 14.8. The van der Waals surface area contributed by atoms with Crippen molar-refractivity contribution < 1.29 is 19.1 Å². The van der Waals surface area contributed by atoms with Gasteiger partial charge in [-0.15, -0.1) is 0 Å². The fourth-order valence-corrected chi connectivity index (χ4v) is 2.36. The fourth-order valence-electron chi connectivity index (χ4n) is 2.36. The molecule has 0 aromatic heterocycles. The van der Waals surface area contributed by atoms with Crippen LogP contribution in [0.1, 0.15) is 30.1 Å². The van der Waals surface area contributed by atoms with Crippen molar-refractivity contribution in [2.24, 2.45) is 0 Å². The number of methoxy groups -OCH3 is 1. The first-order valence-electron chi connectivity index (χ1n) is 9.17. The Morgan fingerprint density at radius 1 is 1.17 bits per heavy atom. The minimum absolute atomic E-state index is 0.151. The average Bonchev–Trinajstić information content (AvgIpc) is 2.74. The molecule has 0 saturated carbocycles. The van der Waals surface area contributed by atoms with Crippen LogP contribution < -0.4 is 15.4 Å². The lowest BCUT2D eigenvalue weighted by Gasteiger charge is -2.11. The maximum absolute atomic E-state index is 12.5. The highest BCUT2D eigenvalue weighted by atomic mass is 16.5. The molecule has 0 bridgehead atoms. The molecule has 0 aliphatic heterocycles. The van der Waals surface area contributed by atoms with Gasteiger partial charge in [-0.05, 0) is 30.7 Å². The van der Waals surface area contributed by atoms with E-state index in [9.17, 15) is 14.9 Å². The third-order valence-electron chi connectivity index (χ3n) is 3.94. The Bertz CT molecular complexity index is 932. The summed E-state index contributed by atoms with van der Waals surface area (Å²) in [7, 11) is 1.55. The number of amides is 1. The van der Waals surface area contributed by atoms with Gasteiger partial charge in [0.1, 0.15) is 17.4 Å². The van der Waals surface area contributed by atoms with Gasteiger partial charge in [-0.25, -0.2) is 4.79 Å². The summed E-state index contributed by atoms with van der Waals surface area (Å²) in [6.45, 7) is 2.31. The van der Waals surface area contributed by atoms with Gasteiger partial charge in [0.15, 0.2) is 0 Å². The highest BCUT2D eigenvalue weighted by molar-refractivity contribution is 6.09. The van der Waals surface area contributed by atoms with Crippen molar-refractivity contribution in [1.29, 1.82) is 5.26 Å². The predicted molar refractivity (Wildman–Crippen MR) is 111 cm³/mol. The molecule has 0 spiro atoms. The summed E-state index contributed by atoms with van der Waals surface area (Å²) in [4.78, 5) is 24.8. The SMILES string of the molecule is CCCCOC(=O)c1ccccc1NC(=O)/C(C#N)=C\Nc1cccc(OC)c1. The van der Waals surface area contributed by atoms with Crippen LogP contribution in [0.4, 0.5) is 11.4 Å². The number of para-hydroxylation sites is 1. The number of esters is 1. The van der Waals surface area contributed by atoms with E-state index in [1.54, 1.807) is 55.6 Å². The first kappa shape index (κ1) is 21.5. The van der Waals surface area contributed by atoms with Crippen molar-refractivity contribution in [3.63, 3.8) is 0 Å². The number of rotatable bonds is 9. The monoisotopic (exact) mass is 393 g/mol. The van der Waals surface area contributed by atoms with Crippen LogP contribution in [0.2, 0.25) is 0 Å². The summed E-state index contributed by atoms with van der Waals surface area (Å²) < 4.78 is 10.3. The van der Waals surface area contributed by atoms with Crippen molar-refractivity contribution in [1.82, 2.24) is 0 Å². The van der Waals surface area contributed by atoms with E-state index in [4.69, 9.17) is 9.47 Å². The van der Waals surface area contributed by atoms with Crippen molar-refractivity contribution in [2.75, 3.05) is 24.4 Å². The molecule has 0 radical (unpaired) electrons. The predicted octanol–water partition coefficient (Wildman–Crippen LogP) is 4.11. The smallest absolute Gasteiger partial charge is 0.340 e. The fraction of sp³-hybridized carbons (Fsp3) is 0.227. The maximum Gasteiger partial charge on any atom is 0.340 e. The second-order valence-electron chi connectivity index (χ2n) is 6.04. The number of ether oxygens (including phenoxy) is 2. The van der Waals surface area contributed by atoms with Gasteiger partial charge in [-0.3, -0.25) is 4.79 Å². The molecule has 0 unspecified atom stereocenters. The van der Waals surface area contributed by atoms with Crippen molar-refractivity contribution >= 4 is 23.3 Å². The molecule has 2 N–H and O–H groups in total. The zero-order valence-corrected chi connectivity index (χ0v) is 16.4. The number of nitriles is 1. The van der Waals surface area contributed by atoms with Gasteiger partial charge in [-0.2, -0.15) is 5.26 Å². The van der Waals surface area contributed by atoms with Crippen molar-refractivity contribution in [3.05, 3.63) is 65.9 Å². The van der Waals surface area contributed by atoms with Gasteiger partial charge < -0.3 is 20.1 Å². The minimum Gasteiger partial charge on any atom is -0.497 e. The summed E-state index contributed by atoms with van der Waals surface area (Å²) in [6, 6.07) is 15.4. The standard InChI is InChI=1S/C22H23N3O4/c1-3-4-12-29-22(27)19-10-5-6-11-20(19)25-21(26)16(14-23)15-24-17-8-7-9-18(13-17)28-2/h5-11,13,15,24H,3-4,12H2,1-2H3,(H,25,26)/b16-15-. The van der Waals surface area contributed by atoms with Crippen LogP contribution >= 0.6 is 0 Å². The molecule has 1 amide bonds. The zero-order chi connectivity index (χ0) is 21.1. The topological polar surface area (TPSA) is 100 Å². The Hall–Kier alpha value is -3.79. The number of benzene rings is 2. The van der Waals surface area contributed by atoms with Gasteiger partial charge in [0.05, 0.1) is 25.0 Å². The largest absolute Gasteiger partial charge is 0.497 e. The summed E-state index contributed by atoms with van der Waals surface area (Å²) >= 11 is 0. The number of carbonyl (C=O) groups excluding carboxylic acids is 2. The minimum atomic E-state index is -0.642. The van der Waals surface area contributed by atoms with Gasteiger partial charge in [0.2, 0.25) is 0 Å². The van der Waals surface area contributed by atoms with E-state index in [-0.39, 0.29) is 16.8 Å². The molecule has 0 aliphatic carbocycles. The number of carbonyl (C=O) groups is 2. The Morgan fingerprint density at radius 2 is 1.97 bits per heavy atom. The molecule has 2 aromatic rings. The van der Waals surface area contributed by atoms with Crippen LogP contribution in [0.25, 0.3) is 0 Å². The van der Waals surface area contributed by atoms with E-state index < -0.39 is 11.9 Å². The van der Waals surface area contributed by atoms with E-state index in [0.717, 1.165) is 12.8 Å². The number of hydrogen-bond donors (Lipinski definition) is 2. The molecule has 0 atom stereocenters. The molecule has 7 heteroatoms. The third kappa shape index (κ3) is 6.40. The van der Waals surface area contributed by atoms with Crippen LogP contribution in [0, 0.1) is 11.3 Å². The lowest BCUT2D eigenvalue weighted by molar-refractivity contribution is -0.112. The zero-order valence-electron chi connectivity index (χ0n) is 16.4. The van der Waals surface area contributed by atoms with Crippen molar-refractivity contribution in [2.45, 2.75) is 19.8 Å². The van der Waals surface area contributed by atoms with E-state index in [1.807, 2.05) is 13.0 Å². The number of hydrogen-bond acceptors (Lipinski definition) is 6. The molecular weight excluding hydrogens is 370 g/mol. The van der Waals surface area contributed by atoms with E-state index in [1.165, 1.54) is 6.20 Å². The van der Waals surface area contributed by atoms with Gasteiger partial charge in [0.25, 0.3) is 5.91 Å². The first-order chi connectivity index (χ1) is 14.1. The van der Waals surface area contributed by atoms with E-state index >= 15 is 0 Å². The molecule has 0 saturated heterocycles. The van der Waals surface area contributed by atoms with Crippen LogP contribution in [0.3, 0.4) is 0 Å². The quantitative estimate of drug-likeness (QED) is 0.288. The Morgan fingerprint density at radius 3 is 2.69 bits per heavy atom. The first-order valence-corrected chi connectivity index (χ1v) is 9.17. The highest BCUT2D eigenvalue weighted by Gasteiger charge is 2.16. The molecule has 7 nitrogen and oxygen atoms in total. The second-order valence-corrected chi connectivity index (χ2v) is 6.04. The van der Waals surface area contributed by atoms with Crippen LogP contribution in [-0.2, 0) is 9.53 Å². The number of unbranched alkanes of at least 4 members (excludes halogenated alkanes) is 1. The lowest BCUT2D eigenvalue weighted by Crippen LogP contribution is -2.18. The molecule has 29 heavy (non-hydrogen) atoms. The number of anilines is 2. The summed E-state index contributed by atoms with van der Waals surface area (Å²) in [5.41, 5.74) is 1.02. The van der Waals surface area contributed by atoms with Gasteiger partial charge in [0, 0.05) is 18.0 Å². The Balaban J connectivity index is 2.11. The summed E-state index contributed by atoms with van der Waals surface area (Å²) in [5.74, 6) is -0.523. The molecule has 2 rings (SSSR count). The van der Waals surface area contributed by atoms with E-state index in [2.05, 4.69) is 10.6 Å². The highest BCUT2D eigenvalue weighted by Crippen LogP contribution is 2.19. The molecule has 2 aromatic carbocycles. The summed E-state index contributed by atoms with van der Waals surface area (Å²) in [6.07, 6.45) is 2.96. The molecular formula is C22H23N3O4. The lowest BCUT2D eigenvalue weighted by atomic mass is 10.1. The van der Waals surface area contributed by atoms with Crippen LogP contribution in [0.5, 0.6) is 5.75 Å².